The quantitative estimate of drug-likeness (QED) is 0.777. The van der Waals surface area contributed by atoms with Crippen molar-refractivity contribution in [3.63, 3.8) is 0 Å². The van der Waals surface area contributed by atoms with Gasteiger partial charge in [-0.15, -0.1) is 11.8 Å². The van der Waals surface area contributed by atoms with Gasteiger partial charge in [-0.1, -0.05) is 12.1 Å². The molecule has 1 atom stereocenters. The van der Waals surface area contributed by atoms with Crippen molar-refractivity contribution in [2.24, 2.45) is 0 Å². The molecule has 0 aliphatic carbocycles. The van der Waals surface area contributed by atoms with Gasteiger partial charge in [-0.3, -0.25) is 9.69 Å². The average molecular weight is 353 g/mol. The van der Waals surface area contributed by atoms with E-state index in [1.165, 1.54) is 11.8 Å². The van der Waals surface area contributed by atoms with Crippen LogP contribution in [0.5, 0.6) is 0 Å². The summed E-state index contributed by atoms with van der Waals surface area (Å²) in [6.07, 6.45) is 0.570. The van der Waals surface area contributed by atoms with Gasteiger partial charge in [0.25, 0.3) is 0 Å². The van der Waals surface area contributed by atoms with Gasteiger partial charge in [0.15, 0.2) is 9.84 Å². The molecule has 124 valence electrons. The smallest absolute Gasteiger partial charge is 0.238 e. The Hall–Kier alpha value is -1.56. The average Bonchev–Trinajstić information content (AvgIpc) is 2.86. The van der Waals surface area contributed by atoms with E-state index in [2.05, 4.69) is 11.4 Å². The van der Waals surface area contributed by atoms with E-state index in [0.29, 0.717) is 17.9 Å². The van der Waals surface area contributed by atoms with Gasteiger partial charge in [0.2, 0.25) is 5.91 Å². The number of nitrogens with zero attached hydrogens (tertiary/aromatic N) is 2. The SMILES string of the molecule is CN(CC(=O)Nc1ccccc1SCC#N)C1CCS(=O)(=O)C1. The van der Waals surface area contributed by atoms with E-state index >= 15 is 0 Å². The second-order valence-electron chi connectivity index (χ2n) is 5.46. The summed E-state index contributed by atoms with van der Waals surface area (Å²) >= 11 is 1.36. The van der Waals surface area contributed by atoms with Crippen LogP contribution in [-0.2, 0) is 14.6 Å². The molecule has 1 aromatic carbocycles. The van der Waals surface area contributed by atoms with Gasteiger partial charge in [0, 0.05) is 10.9 Å². The van der Waals surface area contributed by atoms with E-state index in [-0.39, 0.29) is 30.0 Å². The Morgan fingerprint density at radius 3 is 2.87 bits per heavy atom. The van der Waals surface area contributed by atoms with Crippen molar-refractivity contribution in [2.75, 3.05) is 36.2 Å². The minimum atomic E-state index is -2.96. The first-order valence-corrected chi connectivity index (χ1v) is 10.0. The summed E-state index contributed by atoms with van der Waals surface area (Å²) in [5.74, 6) is 0.428. The summed E-state index contributed by atoms with van der Waals surface area (Å²) in [5, 5.41) is 11.5. The lowest BCUT2D eigenvalue weighted by Crippen LogP contribution is -2.38. The van der Waals surface area contributed by atoms with Crippen molar-refractivity contribution in [1.82, 2.24) is 4.90 Å². The maximum Gasteiger partial charge on any atom is 0.238 e. The molecule has 8 heteroatoms. The molecule has 1 saturated heterocycles. The van der Waals surface area contributed by atoms with E-state index in [0.717, 1.165) is 4.90 Å². The second kappa shape index (κ2) is 7.81. The molecule has 23 heavy (non-hydrogen) atoms. The van der Waals surface area contributed by atoms with E-state index < -0.39 is 9.84 Å². The molecular formula is C15H19N3O3S2. The van der Waals surface area contributed by atoms with Crippen molar-refractivity contribution >= 4 is 33.2 Å². The number of amides is 1. The number of sulfone groups is 1. The van der Waals surface area contributed by atoms with Gasteiger partial charge in [0.1, 0.15) is 0 Å². The zero-order chi connectivity index (χ0) is 16.9. The van der Waals surface area contributed by atoms with Crippen LogP contribution >= 0.6 is 11.8 Å². The standard InChI is InChI=1S/C15H19N3O3S2/c1-18(12-6-9-23(20,21)11-12)10-15(19)17-13-4-2-3-5-14(13)22-8-7-16/h2-5,12H,6,8-11H2,1H3,(H,17,19). The number of thioether (sulfide) groups is 1. The number of hydrogen-bond acceptors (Lipinski definition) is 6. The van der Waals surface area contributed by atoms with Crippen molar-refractivity contribution in [1.29, 1.82) is 5.26 Å². The summed E-state index contributed by atoms with van der Waals surface area (Å²) in [5.41, 5.74) is 0.671. The third-order valence-electron chi connectivity index (χ3n) is 3.68. The van der Waals surface area contributed by atoms with Crippen molar-refractivity contribution in [3.05, 3.63) is 24.3 Å². The number of likely N-dealkylation sites (N-methyl/N-ethyl adjacent to an activating group) is 1. The molecule has 1 heterocycles. The lowest BCUT2D eigenvalue weighted by molar-refractivity contribution is -0.117. The van der Waals surface area contributed by atoms with E-state index in [1.807, 2.05) is 18.2 Å². The highest BCUT2D eigenvalue weighted by molar-refractivity contribution is 7.99. The van der Waals surface area contributed by atoms with Crippen molar-refractivity contribution < 1.29 is 13.2 Å². The Morgan fingerprint density at radius 2 is 2.22 bits per heavy atom. The molecule has 1 aromatic rings. The van der Waals surface area contributed by atoms with Gasteiger partial charge in [-0.25, -0.2) is 8.42 Å². The van der Waals surface area contributed by atoms with Crippen molar-refractivity contribution in [2.45, 2.75) is 17.4 Å². The van der Waals surface area contributed by atoms with Gasteiger partial charge in [-0.05, 0) is 25.6 Å². The van der Waals surface area contributed by atoms with Crippen LogP contribution in [0.4, 0.5) is 5.69 Å². The number of anilines is 1. The van der Waals surface area contributed by atoms with Gasteiger partial charge in [0.05, 0.1) is 35.6 Å². The first-order chi connectivity index (χ1) is 10.9. The maximum absolute atomic E-state index is 12.2. The fourth-order valence-corrected chi connectivity index (χ4v) is 4.95. The number of rotatable bonds is 6. The van der Waals surface area contributed by atoms with Gasteiger partial charge in [-0.2, -0.15) is 5.26 Å². The first-order valence-electron chi connectivity index (χ1n) is 7.20. The molecule has 0 radical (unpaired) electrons. The van der Waals surface area contributed by atoms with Crippen LogP contribution in [0.1, 0.15) is 6.42 Å². The normalized spacial score (nSPS) is 19.4. The zero-order valence-corrected chi connectivity index (χ0v) is 14.5. The highest BCUT2D eigenvalue weighted by atomic mass is 32.2. The number of carbonyl (C=O) groups is 1. The molecule has 1 aliphatic heterocycles. The maximum atomic E-state index is 12.2. The van der Waals surface area contributed by atoms with Crippen LogP contribution in [0.25, 0.3) is 0 Å². The molecule has 1 amide bonds. The Morgan fingerprint density at radius 1 is 1.48 bits per heavy atom. The fraction of sp³-hybridized carbons (Fsp3) is 0.467. The van der Waals surface area contributed by atoms with Crippen LogP contribution in [-0.4, -0.2) is 56.1 Å². The van der Waals surface area contributed by atoms with E-state index in [1.54, 1.807) is 18.0 Å². The Bertz CT molecular complexity index is 713. The Kier molecular flexibility index (Phi) is 6.04. The number of hydrogen-bond donors (Lipinski definition) is 1. The lowest BCUT2D eigenvalue weighted by atomic mass is 10.2. The molecule has 0 spiro atoms. The Balaban J connectivity index is 1.94. The molecule has 1 fully saturated rings. The lowest BCUT2D eigenvalue weighted by Gasteiger charge is -2.22. The molecule has 6 nitrogen and oxygen atoms in total. The van der Waals surface area contributed by atoms with Crippen LogP contribution < -0.4 is 5.32 Å². The monoisotopic (exact) mass is 353 g/mol. The summed E-state index contributed by atoms with van der Waals surface area (Å²) in [4.78, 5) is 14.8. The van der Waals surface area contributed by atoms with Gasteiger partial charge >= 0.3 is 0 Å². The molecule has 2 rings (SSSR count). The largest absolute Gasteiger partial charge is 0.324 e. The number of para-hydroxylation sites is 1. The van der Waals surface area contributed by atoms with Crippen LogP contribution in [0.15, 0.2) is 29.2 Å². The minimum absolute atomic E-state index is 0.103. The predicted molar refractivity (Wildman–Crippen MR) is 91.1 cm³/mol. The van der Waals surface area contributed by atoms with Crippen LogP contribution in [0.3, 0.4) is 0 Å². The Labute approximate surface area is 140 Å². The molecule has 1 unspecified atom stereocenters. The van der Waals surface area contributed by atoms with Crippen LogP contribution in [0, 0.1) is 11.3 Å². The highest BCUT2D eigenvalue weighted by Gasteiger charge is 2.31. The number of carbonyl (C=O) groups excluding carboxylic acids is 1. The minimum Gasteiger partial charge on any atom is -0.324 e. The number of nitrogens with one attached hydrogen (secondary N) is 1. The van der Waals surface area contributed by atoms with E-state index in [9.17, 15) is 13.2 Å². The molecular weight excluding hydrogens is 334 g/mol. The summed E-state index contributed by atoms with van der Waals surface area (Å²) in [7, 11) is -1.19. The van der Waals surface area contributed by atoms with Crippen molar-refractivity contribution in [3.8, 4) is 6.07 Å². The van der Waals surface area contributed by atoms with Gasteiger partial charge < -0.3 is 5.32 Å². The summed E-state index contributed by atoms with van der Waals surface area (Å²) in [6, 6.07) is 9.27. The predicted octanol–water partition coefficient (Wildman–Crippen LogP) is 1.36. The summed E-state index contributed by atoms with van der Waals surface area (Å²) in [6.45, 7) is 0.136. The highest BCUT2D eigenvalue weighted by Crippen LogP contribution is 2.26. The molecule has 0 bridgehead atoms. The second-order valence-corrected chi connectivity index (χ2v) is 8.71. The van der Waals surface area contributed by atoms with E-state index in [4.69, 9.17) is 5.26 Å². The molecule has 0 saturated carbocycles. The fourth-order valence-electron chi connectivity index (χ4n) is 2.47. The zero-order valence-electron chi connectivity index (χ0n) is 12.9. The number of benzene rings is 1. The first kappa shape index (κ1) is 17.8. The summed E-state index contributed by atoms with van der Waals surface area (Å²) < 4.78 is 23.0. The molecule has 1 N–H and O–H groups in total. The topological polar surface area (TPSA) is 90.3 Å². The molecule has 0 aromatic heterocycles. The third-order valence-corrected chi connectivity index (χ3v) is 6.37. The van der Waals surface area contributed by atoms with Crippen LogP contribution in [0.2, 0.25) is 0 Å². The molecule has 1 aliphatic rings. The number of nitriles is 1. The third kappa shape index (κ3) is 5.23.